The van der Waals surface area contributed by atoms with Gasteiger partial charge >= 0.3 is 5.97 Å². The van der Waals surface area contributed by atoms with E-state index in [-0.39, 0.29) is 17.7 Å². The molecule has 1 aliphatic rings. The molecule has 1 aromatic carbocycles. The molecule has 98 valence electrons. The number of amides is 2. The molecule has 0 atom stereocenters. The summed E-state index contributed by atoms with van der Waals surface area (Å²) in [6.45, 7) is 0. The molecule has 8 heteroatoms. The standard InChI is InChI=1S/C11H8FN3O4/c12-6-3-1-2-5(11(18)19)9(6)13-10(17)7-4-8(16)15-14-7/h1-3H,4H2,(H,13,17)(H,15,16)(H,18,19). The number of carbonyl (C=O) groups is 3. The SMILES string of the molecule is O=C1CC(C(=O)Nc2c(F)cccc2C(=O)O)=NN1. The van der Waals surface area contributed by atoms with E-state index < -0.39 is 29.3 Å². The summed E-state index contributed by atoms with van der Waals surface area (Å²) in [5.74, 6) is -3.55. The lowest BCUT2D eigenvalue weighted by molar-refractivity contribution is -0.119. The van der Waals surface area contributed by atoms with E-state index in [2.05, 4.69) is 15.8 Å². The zero-order valence-corrected chi connectivity index (χ0v) is 9.44. The molecule has 3 N–H and O–H groups in total. The number of aromatic carboxylic acids is 1. The average molecular weight is 265 g/mol. The van der Waals surface area contributed by atoms with E-state index in [9.17, 15) is 18.8 Å². The predicted octanol–water partition coefficient (Wildman–Crippen LogP) is 0.338. The Bertz CT molecular complexity index is 612. The van der Waals surface area contributed by atoms with E-state index in [1.165, 1.54) is 6.07 Å². The predicted molar refractivity (Wildman–Crippen MR) is 62.2 cm³/mol. The second-order valence-corrected chi connectivity index (χ2v) is 3.69. The molecule has 1 heterocycles. The molecule has 0 aliphatic carbocycles. The number of carboxylic acids is 1. The lowest BCUT2D eigenvalue weighted by Gasteiger charge is -2.08. The molecular formula is C11H8FN3O4. The van der Waals surface area contributed by atoms with Gasteiger partial charge < -0.3 is 10.4 Å². The molecule has 0 spiro atoms. The normalized spacial score (nSPS) is 13.7. The fraction of sp³-hybridized carbons (Fsp3) is 0.0909. The van der Waals surface area contributed by atoms with E-state index in [1.807, 2.05) is 0 Å². The fourth-order valence-corrected chi connectivity index (χ4v) is 1.51. The van der Waals surface area contributed by atoms with Crippen LogP contribution in [0.15, 0.2) is 23.3 Å². The third-order valence-corrected chi connectivity index (χ3v) is 2.39. The highest BCUT2D eigenvalue weighted by atomic mass is 19.1. The Hall–Kier alpha value is -2.77. The molecule has 2 rings (SSSR count). The van der Waals surface area contributed by atoms with Crippen LogP contribution in [-0.2, 0) is 9.59 Å². The number of nitrogens with zero attached hydrogens (tertiary/aromatic N) is 1. The number of carboxylic acid groups (broad SMARTS) is 1. The summed E-state index contributed by atoms with van der Waals surface area (Å²) in [4.78, 5) is 33.5. The molecule has 0 bridgehead atoms. The first kappa shape index (κ1) is 12.7. The Balaban J connectivity index is 2.26. The van der Waals surface area contributed by atoms with Crippen molar-refractivity contribution in [1.82, 2.24) is 5.43 Å². The molecule has 0 unspecified atom stereocenters. The Morgan fingerprint density at radius 3 is 2.74 bits per heavy atom. The minimum atomic E-state index is -1.38. The second kappa shape index (κ2) is 4.84. The average Bonchev–Trinajstić information content (AvgIpc) is 2.78. The lowest BCUT2D eigenvalue weighted by atomic mass is 10.1. The van der Waals surface area contributed by atoms with Crippen LogP contribution in [0.4, 0.5) is 10.1 Å². The molecule has 0 fully saturated rings. The van der Waals surface area contributed by atoms with Crippen molar-refractivity contribution in [3.63, 3.8) is 0 Å². The third-order valence-electron chi connectivity index (χ3n) is 2.39. The number of benzene rings is 1. The second-order valence-electron chi connectivity index (χ2n) is 3.69. The monoisotopic (exact) mass is 265 g/mol. The van der Waals surface area contributed by atoms with Gasteiger partial charge in [-0.25, -0.2) is 14.6 Å². The van der Waals surface area contributed by atoms with Crippen molar-refractivity contribution in [2.45, 2.75) is 6.42 Å². The molecular weight excluding hydrogens is 257 g/mol. The van der Waals surface area contributed by atoms with Crippen molar-refractivity contribution in [3.8, 4) is 0 Å². The Labute approximate surface area is 106 Å². The summed E-state index contributed by atoms with van der Waals surface area (Å²) in [6.07, 6.45) is -0.233. The molecule has 2 amide bonds. The number of carbonyl (C=O) groups excluding carboxylic acids is 2. The van der Waals surface area contributed by atoms with Crippen LogP contribution in [0.2, 0.25) is 0 Å². The van der Waals surface area contributed by atoms with Crippen molar-refractivity contribution in [2.24, 2.45) is 5.10 Å². The molecule has 1 aliphatic heterocycles. The van der Waals surface area contributed by atoms with Gasteiger partial charge in [-0.15, -0.1) is 0 Å². The van der Waals surface area contributed by atoms with Crippen LogP contribution in [0, 0.1) is 5.82 Å². The van der Waals surface area contributed by atoms with Crippen LogP contribution in [-0.4, -0.2) is 28.6 Å². The summed E-state index contributed by atoms with van der Waals surface area (Å²) in [7, 11) is 0. The minimum absolute atomic E-state index is 0.135. The van der Waals surface area contributed by atoms with Gasteiger partial charge in [-0.05, 0) is 12.1 Å². The maximum atomic E-state index is 13.5. The number of hydrogen-bond acceptors (Lipinski definition) is 4. The molecule has 19 heavy (non-hydrogen) atoms. The van der Waals surface area contributed by atoms with Crippen LogP contribution < -0.4 is 10.7 Å². The highest BCUT2D eigenvalue weighted by molar-refractivity contribution is 6.46. The zero-order chi connectivity index (χ0) is 14.0. The van der Waals surface area contributed by atoms with Gasteiger partial charge in [0.25, 0.3) is 5.91 Å². The van der Waals surface area contributed by atoms with Crippen LogP contribution in [0.25, 0.3) is 0 Å². The minimum Gasteiger partial charge on any atom is -0.478 e. The maximum Gasteiger partial charge on any atom is 0.337 e. The number of halogens is 1. The van der Waals surface area contributed by atoms with Gasteiger partial charge in [0.15, 0.2) is 0 Å². The number of hydrazone groups is 1. The van der Waals surface area contributed by atoms with E-state index >= 15 is 0 Å². The molecule has 0 radical (unpaired) electrons. The van der Waals surface area contributed by atoms with Gasteiger partial charge in [0.2, 0.25) is 5.91 Å². The molecule has 1 aromatic rings. The Morgan fingerprint density at radius 1 is 1.42 bits per heavy atom. The van der Waals surface area contributed by atoms with Gasteiger partial charge in [-0.2, -0.15) is 5.10 Å². The molecule has 0 saturated carbocycles. The Morgan fingerprint density at radius 2 is 2.16 bits per heavy atom. The lowest BCUT2D eigenvalue weighted by Crippen LogP contribution is -2.24. The van der Waals surface area contributed by atoms with Gasteiger partial charge in [0.05, 0.1) is 17.7 Å². The quantitative estimate of drug-likeness (QED) is 0.732. The van der Waals surface area contributed by atoms with Gasteiger partial charge in [0.1, 0.15) is 11.5 Å². The van der Waals surface area contributed by atoms with E-state index in [1.54, 1.807) is 0 Å². The summed E-state index contributed by atoms with van der Waals surface area (Å²) in [5.41, 5.74) is 1.09. The highest BCUT2D eigenvalue weighted by Gasteiger charge is 2.24. The first-order chi connectivity index (χ1) is 8.99. The first-order valence-electron chi connectivity index (χ1n) is 5.17. The molecule has 0 aromatic heterocycles. The fourth-order valence-electron chi connectivity index (χ4n) is 1.51. The van der Waals surface area contributed by atoms with E-state index in [4.69, 9.17) is 5.11 Å². The summed E-state index contributed by atoms with van der Waals surface area (Å²) in [5, 5.41) is 14.5. The summed E-state index contributed by atoms with van der Waals surface area (Å²) < 4.78 is 13.5. The van der Waals surface area contributed by atoms with Crippen molar-refractivity contribution in [1.29, 1.82) is 0 Å². The van der Waals surface area contributed by atoms with Crippen LogP contribution in [0.5, 0.6) is 0 Å². The van der Waals surface area contributed by atoms with Crippen molar-refractivity contribution in [2.75, 3.05) is 5.32 Å². The Kier molecular flexibility index (Phi) is 3.23. The van der Waals surface area contributed by atoms with Crippen LogP contribution in [0.3, 0.4) is 0 Å². The number of anilines is 1. The van der Waals surface area contributed by atoms with Gasteiger partial charge in [-0.3, -0.25) is 9.59 Å². The topological polar surface area (TPSA) is 108 Å². The largest absolute Gasteiger partial charge is 0.478 e. The molecule has 0 saturated heterocycles. The number of rotatable bonds is 3. The smallest absolute Gasteiger partial charge is 0.337 e. The van der Waals surface area contributed by atoms with E-state index in [0.29, 0.717) is 0 Å². The third kappa shape index (κ3) is 2.57. The zero-order valence-electron chi connectivity index (χ0n) is 9.44. The number of hydrogen-bond donors (Lipinski definition) is 3. The van der Waals surface area contributed by atoms with E-state index in [0.717, 1.165) is 12.1 Å². The van der Waals surface area contributed by atoms with Gasteiger partial charge in [0, 0.05) is 0 Å². The van der Waals surface area contributed by atoms with Crippen molar-refractivity contribution < 1.29 is 23.9 Å². The van der Waals surface area contributed by atoms with Crippen LogP contribution in [0.1, 0.15) is 16.8 Å². The van der Waals surface area contributed by atoms with Gasteiger partial charge in [-0.1, -0.05) is 6.07 Å². The van der Waals surface area contributed by atoms with Crippen LogP contribution >= 0.6 is 0 Å². The summed E-state index contributed by atoms with van der Waals surface area (Å²) >= 11 is 0. The highest BCUT2D eigenvalue weighted by Crippen LogP contribution is 2.20. The molecule has 7 nitrogen and oxygen atoms in total. The number of nitrogens with one attached hydrogen (secondary N) is 2. The number of para-hydroxylation sites is 1. The summed E-state index contributed by atoms with van der Waals surface area (Å²) in [6, 6.07) is 3.38. The maximum absolute atomic E-state index is 13.5. The van der Waals surface area contributed by atoms with Crippen molar-refractivity contribution in [3.05, 3.63) is 29.6 Å². The first-order valence-corrected chi connectivity index (χ1v) is 5.17. The van der Waals surface area contributed by atoms with Crippen molar-refractivity contribution >= 4 is 29.2 Å².